The molecule has 1 heterocycles. The lowest BCUT2D eigenvalue weighted by Crippen LogP contribution is -2.48. The van der Waals surface area contributed by atoms with E-state index in [2.05, 4.69) is 5.32 Å². The standard InChI is InChI=1S/C11H19N3O4S/c1-11(2,3)18-10(17)13-4-8(15)14-6-19-5-7(14)9(12)16/h7H,4-6H2,1-3H3,(H2,12,16)(H,13,17). The van der Waals surface area contributed by atoms with Crippen LogP contribution >= 0.6 is 11.8 Å². The number of nitrogens with two attached hydrogens (primary N) is 1. The number of carbonyl (C=O) groups excluding carboxylic acids is 3. The molecule has 0 aromatic heterocycles. The van der Waals surface area contributed by atoms with Gasteiger partial charge in [-0.1, -0.05) is 0 Å². The van der Waals surface area contributed by atoms with Gasteiger partial charge in [-0.05, 0) is 20.8 Å². The van der Waals surface area contributed by atoms with E-state index in [9.17, 15) is 14.4 Å². The summed E-state index contributed by atoms with van der Waals surface area (Å²) in [6.07, 6.45) is -0.664. The van der Waals surface area contributed by atoms with E-state index >= 15 is 0 Å². The fourth-order valence-electron chi connectivity index (χ4n) is 1.49. The lowest BCUT2D eigenvalue weighted by molar-refractivity contribution is -0.136. The summed E-state index contributed by atoms with van der Waals surface area (Å²) in [5.74, 6) is 0.0194. The van der Waals surface area contributed by atoms with Gasteiger partial charge in [0, 0.05) is 5.75 Å². The van der Waals surface area contributed by atoms with Gasteiger partial charge in [-0.15, -0.1) is 11.8 Å². The first-order valence-corrected chi connectivity index (χ1v) is 6.99. The Morgan fingerprint density at radius 2 is 2.05 bits per heavy atom. The van der Waals surface area contributed by atoms with E-state index < -0.39 is 23.6 Å². The van der Waals surface area contributed by atoms with E-state index in [0.29, 0.717) is 11.6 Å². The zero-order valence-corrected chi connectivity index (χ0v) is 12.1. The lowest BCUT2D eigenvalue weighted by Gasteiger charge is -2.22. The van der Waals surface area contributed by atoms with Crippen molar-refractivity contribution >= 4 is 29.7 Å². The van der Waals surface area contributed by atoms with Gasteiger partial charge in [0.1, 0.15) is 18.2 Å². The number of carbonyl (C=O) groups is 3. The fraction of sp³-hybridized carbons (Fsp3) is 0.727. The van der Waals surface area contributed by atoms with Crippen molar-refractivity contribution in [3.63, 3.8) is 0 Å². The van der Waals surface area contributed by atoms with E-state index in [1.54, 1.807) is 20.8 Å². The minimum Gasteiger partial charge on any atom is -0.444 e. The van der Waals surface area contributed by atoms with Crippen LogP contribution in [-0.4, -0.2) is 52.6 Å². The van der Waals surface area contributed by atoms with Crippen molar-refractivity contribution in [2.24, 2.45) is 5.73 Å². The smallest absolute Gasteiger partial charge is 0.408 e. The van der Waals surface area contributed by atoms with Gasteiger partial charge in [0.25, 0.3) is 0 Å². The highest BCUT2D eigenvalue weighted by atomic mass is 32.2. The molecule has 1 saturated heterocycles. The lowest BCUT2D eigenvalue weighted by atomic mass is 10.2. The second kappa shape index (κ2) is 6.14. The Balaban J connectivity index is 2.43. The predicted molar refractivity (Wildman–Crippen MR) is 71.4 cm³/mol. The van der Waals surface area contributed by atoms with Crippen molar-refractivity contribution in [3.05, 3.63) is 0 Å². The first-order valence-electron chi connectivity index (χ1n) is 5.84. The summed E-state index contributed by atoms with van der Waals surface area (Å²) < 4.78 is 5.01. The SMILES string of the molecule is CC(C)(C)OC(=O)NCC(=O)N1CSCC1C(N)=O. The number of nitrogens with one attached hydrogen (secondary N) is 1. The molecule has 19 heavy (non-hydrogen) atoms. The summed E-state index contributed by atoms with van der Waals surface area (Å²) in [5, 5.41) is 2.36. The molecule has 1 unspecified atom stereocenters. The highest BCUT2D eigenvalue weighted by molar-refractivity contribution is 7.99. The molecule has 0 bridgehead atoms. The van der Waals surface area contributed by atoms with Crippen molar-refractivity contribution in [1.82, 2.24) is 10.2 Å². The summed E-state index contributed by atoms with van der Waals surface area (Å²) in [7, 11) is 0. The van der Waals surface area contributed by atoms with Gasteiger partial charge in [0.2, 0.25) is 11.8 Å². The van der Waals surface area contributed by atoms with Crippen molar-refractivity contribution in [3.8, 4) is 0 Å². The second-order valence-electron chi connectivity index (χ2n) is 5.14. The van der Waals surface area contributed by atoms with E-state index in [1.165, 1.54) is 16.7 Å². The minimum atomic E-state index is -0.664. The summed E-state index contributed by atoms with van der Waals surface area (Å²) in [5.41, 5.74) is 4.59. The molecule has 0 radical (unpaired) electrons. The van der Waals surface area contributed by atoms with Crippen LogP contribution in [0.1, 0.15) is 20.8 Å². The monoisotopic (exact) mass is 289 g/mol. The van der Waals surface area contributed by atoms with E-state index in [4.69, 9.17) is 10.5 Å². The average Bonchev–Trinajstić information content (AvgIpc) is 2.72. The minimum absolute atomic E-state index is 0.209. The number of hydrogen-bond donors (Lipinski definition) is 2. The van der Waals surface area contributed by atoms with Crippen LogP contribution < -0.4 is 11.1 Å². The maximum Gasteiger partial charge on any atom is 0.408 e. The molecule has 0 aromatic rings. The molecule has 7 nitrogen and oxygen atoms in total. The topological polar surface area (TPSA) is 102 Å². The maximum absolute atomic E-state index is 11.9. The Labute approximate surface area is 116 Å². The van der Waals surface area contributed by atoms with Crippen molar-refractivity contribution in [2.75, 3.05) is 18.2 Å². The number of alkyl carbamates (subject to hydrolysis) is 1. The molecule has 1 aliphatic rings. The molecule has 0 aliphatic carbocycles. The normalized spacial score (nSPS) is 19.1. The summed E-state index contributed by atoms with van der Waals surface area (Å²) in [6, 6.07) is -0.599. The number of primary amides is 1. The molecule has 0 aromatic carbocycles. The molecule has 1 aliphatic heterocycles. The first kappa shape index (κ1) is 15.6. The highest BCUT2D eigenvalue weighted by Crippen LogP contribution is 2.20. The molecule has 108 valence electrons. The van der Waals surface area contributed by atoms with E-state index in [1.807, 2.05) is 0 Å². The fourth-order valence-corrected chi connectivity index (χ4v) is 2.68. The summed E-state index contributed by atoms with van der Waals surface area (Å²) >= 11 is 1.45. The van der Waals surface area contributed by atoms with Crippen LogP contribution in [0.3, 0.4) is 0 Å². The maximum atomic E-state index is 11.9. The van der Waals surface area contributed by atoms with Crippen molar-refractivity contribution in [2.45, 2.75) is 32.4 Å². The molecule has 1 fully saturated rings. The quantitative estimate of drug-likeness (QED) is 0.755. The number of rotatable bonds is 3. The summed E-state index contributed by atoms with van der Waals surface area (Å²) in [6.45, 7) is 4.98. The number of amides is 3. The van der Waals surface area contributed by atoms with Gasteiger partial charge in [-0.25, -0.2) is 4.79 Å². The predicted octanol–water partition coefficient (Wildman–Crippen LogP) is -0.102. The zero-order valence-electron chi connectivity index (χ0n) is 11.3. The number of nitrogens with zero attached hydrogens (tertiary/aromatic N) is 1. The third kappa shape index (κ3) is 4.98. The average molecular weight is 289 g/mol. The Kier molecular flexibility index (Phi) is 5.04. The first-order chi connectivity index (χ1) is 8.70. The molecule has 0 saturated carbocycles. The second-order valence-corrected chi connectivity index (χ2v) is 6.14. The Hall–Kier alpha value is -1.44. The van der Waals surface area contributed by atoms with Crippen LogP contribution in [0.2, 0.25) is 0 Å². The van der Waals surface area contributed by atoms with Crippen molar-refractivity contribution in [1.29, 1.82) is 0 Å². The van der Waals surface area contributed by atoms with Gasteiger partial charge in [0.05, 0.1) is 5.88 Å². The number of thioether (sulfide) groups is 1. The Morgan fingerprint density at radius 1 is 1.42 bits per heavy atom. The van der Waals surface area contributed by atoms with Gasteiger partial charge < -0.3 is 20.7 Å². The third-order valence-corrected chi connectivity index (χ3v) is 3.33. The van der Waals surface area contributed by atoms with Gasteiger partial charge in [-0.2, -0.15) is 0 Å². The molecule has 1 atom stereocenters. The van der Waals surface area contributed by atoms with Crippen LogP contribution in [0, 0.1) is 0 Å². The zero-order chi connectivity index (χ0) is 14.6. The van der Waals surface area contributed by atoms with E-state index in [-0.39, 0.29) is 12.5 Å². The van der Waals surface area contributed by atoms with Crippen LogP contribution in [-0.2, 0) is 14.3 Å². The Morgan fingerprint density at radius 3 is 2.58 bits per heavy atom. The molecule has 1 rings (SSSR count). The third-order valence-electron chi connectivity index (χ3n) is 2.31. The highest BCUT2D eigenvalue weighted by Gasteiger charge is 2.33. The van der Waals surface area contributed by atoms with Crippen molar-refractivity contribution < 1.29 is 19.1 Å². The van der Waals surface area contributed by atoms with Crippen LogP contribution in [0.15, 0.2) is 0 Å². The molecule has 0 spiro atoms. The van der Waals surface area contributed by atoms with Gasteiger partial charge in [-0.3, -0.25) is 9.59 Å². The molecule has 3 N–H and O–H groups in total. The Bertz CT molecular complexity index is 381. The summed E-state index contributed by atoms with van der Waals surface area (Å²) in [4.78, 5) is 35.8. The molecule has 8 heteroatoms. The molecular weight excluding hydrogens is 270 g/mol. The van der Waals surface area contributed by atoms with Crippen LogP contribution in [0.4, 0.5) is 4.79 Å². The van der Waals surface area contributed by atoms with E-state index in [0.717, 1.165) is 0 Å². The van der Waals surface area contributed by atoms with Crippen LogP contribution in [0.5, 0.6) is 0 Å². The molecular formula is C11H19N3O4S. The van der Waals surface area contributed by atoms with Gasteiger partial charge >= 0.3 is 6.09 Å². The number of ether oxygens (including phenoxy) is 1. The van der Waals surface area contributed by atoms with Crippen LogP contribution in [0.25, 0.3) is 0 Å². The van der Waals surface area contributed by atoms with Gasteiger partial charge in [0.15, 0.2) is 0 Å². The molecule has 3 amide bonds. The largest absolute Gasteiger partial charge is 0.444 e. The number of hydrogen-bond acceptors (Lipinski definition) is 5.